The molecule has 1 atom stereocenters. The predicted octanol–water partition coefficient (Wildman–Crippen LogP) is 3.18. The minimum atomic E-state index is -1.37. The van der Waals surface area contributed by atoms with E-state index in [4.69, 9.17) is 0 Å². The van der Waals surface area contributed by atoms with Crippen molar-refractivity contribution in [2.45, 2.75) is 32.6 Å². The topological polar surface area (TPSA) is 20.3 Å². The van der Waals surface area contributed by atoms with Gasteiger partial charge in [-0.1, -0.05) is 19.6 Å². The van der Waals surface area contributed by atoms with Gasteiger partial charge in [-0.05, 0) is 71.5 Å². The second kappa shape index (κ2) is 10.3. The van der Waals surface area contributed by atoms with Crippen molar-refractivity contribution in [2.24, 2.45) is 0 Å². The van der Waals surface area contributed by atoms with Crippen molar-refractivity contribution >= 4 is 14.4 Å². The third kappa shape index (κ3) is 6.47. The number of carbonyl (C=O) groups excluding carboxylic acids is 1. The summed E-state index contributed by atoms with van der Waals surface area (Å²) in [5.41, 5.74) is 1.41. The van der Waals surface area contributed by atoms with Crippen molar-refractivity contribution in [3.8, 4) is 0 Å². The van der Waals surface area contributed by atoms with Gasteiger partial charge in [-0.15, -0.1) is 0 Å². The monoisotopic (exact) mass is 357 g/mol. The zero-order chi connectivity index (χ0) is 16.0. The zero-order valence-electron chi connectivity index (χ0n) is 14.4. The standard InChI is InChI=1S/C13H22NOSi.C5H5.Fe/c1-10(14(2)3)13-11(9-15)7-8-12(13)16(4,5)6;1-2-4-5-3-1;/h7-10H,1-6H3;1-5H;/q;;+2/t10-;;/m0../s1. The summed E-state index contributed by atoms with van der Waals surface area (Å²) < 4.78 is 0. The molecule has 0 aliphatic heterocycles. The van der Waals surface area contributed by atoms with Gasteiger partial charge in [0, 0.05) is 12.0 Å². The Bertz CT molecular complexity index is 305. The van der Waals surface area contributed by atoms with E-state index in [9.17, 15) is 4.79 Å². The van der Waals surface area contributed by atoms with Crippen LogP contribution in [0.5, 0.6) is 0 Å². The molecule has 0 amide bonds. The first-order chi connectivity index (χ1) is 9.79. The average Bonchev–Trinajstić information content (AvgIpc) is 3.08. The minimum Gasteiger partial charge on any atom is -0.306 e. The van der Waals surface area contributed by atoms with Crippen molar-refractivity contribution in [1.82, 2.24) is 4.90 Å². The molecule has 0 aromatic heterocycles. The molecule has 0 unspecified atom stereocenters. The maximum Gasteiger partial charge on any atom is 2.00 e. The van der Waals surface area contributed by atoms with Gasteiger partial charge in [-0.3, -0.25) is 0 Å². The summed E-state index contributed by atoms with van der Waals surface area (Å²) in [6.45, 7) is 9.13. The van der Waals surface area contributed by atoms with E-state index in [1.807, 2.05) is 38.5 Å². The molecule has 0 aromatic rings. The van der Waals surface area contributed by atoms with Crippen molar-refractivity contribution < 1.29 is 21.9 Å². The van der Waals surface area contributed by atoms with E-state index >= 15 is 0 Å². The quantitative estimate of drug-likeness (QED) is 0.569. The number of nitrogens with zero attached hydrogens (tertiary/aromatic N) is 1. The maximum atomic E-state index is 11.1. The van der Waals surface area contributed by atoms with E-state index in [-0.39, 0.29) is 17.1 Å². The van der Waals surface area contributed by atoms with Crippen molar-refractivity contribution in [3.05, 3.63) is 62.3 Å². The number of carbonyl (C=O) groups is 1. The van der Waals surface area contributed by atoms with Gasteiger partial charge in [-0.2, -0.15) is 0 Å². The molecule has 0 N–H and O–H groups in total. The summed E-state index contributed by atoms with van der Waals surface area (Å²) in [6.07, 6.45) is 15.1. The Kier molecular flexibility index (Phi) is 10.4. The molecular weight excluding hydrogens is 330 g/mol. The number of hydrogen-bond donors (Lipinski definition) is 0. The first kappa shape index (κ1) is 22.4. The molecule has 2 aliphatic rings. The third-order valence-electron chi connectivity index (χ3n) is 3.71. The molecule has 0 spiro atoms. The van der Waals surface area contributed by atoms with Crippen LogP contribution in [0.15, 0.2) is 0 Å². The summed E-state index contributed by atoms with van der Waals surface area (Å²) in [5.74, 6) is 2.10. The Morgan fingerprint density at radius 1 is 1.00 bits per heavy atom. The number of rotatable bonds is 4. The zero-order valence-corrected chi connectivity index (χ0v) is 16.5. The number of aldehydes is 1. The van der Waals surface area contributed by atoms with Crippen LogP contribution < -0.4 is 0 Å². The molecule has 4 heteroatoms. The molecule has 2 nitrogen and oxygen atoms in total. The molecule has 0 saturated heterocycles. The Hall–Kier alpha value is 0.366. The largest absolute Gasteiger partial charge is 2.00 e. The van der Waals surface area contributed by atoms with Crippen LogP contribution in [0.3, 0.4) is 0 Å². The Balaban J connectivity index is 0.000000622. The fourth-order valence-corrected chi connectivity index (χ4v) is 4.05. The second-order valence-electron chi connectivity index (χ2n) is 6.59. The molecular formula is C18H27FeNOSi+2. The number of hydrogen-bond acceptors (Lipinski definition) is 2. The van der Waals surface area contributed by atoms with Gasteiger partial charge in [0.05, 0.1) is 14.0 Å². The van der Waals surface area contributed by atoms with Gasteiger partial charge in [0.1, 0.15) is 6.29 Å². The van der Waals surface area contributed by atoms with Gasteiger partial charge in [-0.25, -0.2) is 0 Å². The Labute approximate surface area is 150 Å². The smallest absolute Gasteiger partial charge is 0.306 e. The van der Waals surface area contributed by atoms with Gasteiger partial charge in [0.25, 0.3) is 0 Å². The molecule has 120 valence electrons. The van der Waals surface area contributed by atoms with Crippen LogP contribution in [0.1, 0.15) is 6.92 Å². The van der Waals surface area contributed by atoms with Crippen LogP contribution >= 0.6 is 0 Å². The van der Waals surface area contributed by atoms with E-state index < -0.39 is 8.07 Å². The van der Waals surface area contributed by atoms with E-state index in [0.29, 0.717) is 6.04 Å². The second-order valence-corrected chi connectivity index (χ2v) is 11.6. The van der Waals surface area contributed by atoms with Crippen LogP contribution in [0.4, 0.5) is 0 Å². The Morgan fingerprint density at radius 3 is 1.77 bits per heavy atom. The SMILES string of the molecule is C[C@@H]([C]1[C](C=O)[CH][CH][C]1[Si](C)(C)C)N(C)C.[CH]1[CH][CH][CH][CH]1.[Fe+2]. The summed E-state index contributed by atoms with van der Waals surface area (Å²) in [4.78, 5) is 13.3. The third-order valence-corrected chi connectivity index (χ3v) is 5.77. The van der Waals surface area contributed by atoms with Crippen LogP contribution in [-0.4, -0.2) is 39.4 Å². The van der Waals surface area contributed by atoms with Crippen LogP contribution in [0.2, 0.25) is 19.6 Å². The van der Waals surface area contributed by atoms with Gasteiger partial charge in [0.2, 0.25) is 0 Å². The van der Waals surface area contributed by atoms with Gasteiger partial charge >= 0.3 is 17.1 Å². The summed E-state index contributed by atoms with van der Waals surface area (Å²) >= 11 is 0. The summed E-state index contributed by atoms with van der Waals surface area (Å²) in [7, 11) is 2.74. The predicted molar refractivity (Wildman–Crippen MR) is 92.4 cm³/mol. The van der Waals surface area contributed by atoms with Crippen LogP contribution in [-0.2, 0) is 21.9 Å². The van der Waals surface area contributed by atoms with Crippen molar-refractivity contribution in [3.63, 3.8) is 0 Å². The van der Waals surface area contributed by atoms with E-state index in [1.165, 1.54) is 11.5 Å². The van der Waals surface area contributed by atoms with Crippen molar-refractivity contribution in [2.75, 3.05) is 14.1 Å². The molecule has 2 rings (SSSR count). The van der Waals surface area contributed by atoms with E-state index in [1.54, 1.807) is 0 Å². The van der Waals surface area contributed by atoms with Crippen LogP contribution in [0.25, 0.3) is 0 Å². The van der Waals surface area contributed by atoms with E-state index in [0.717, 1.165) is 12.2 Å². The summed E-state index contributed by atoms with van der Waals surface area (Å²) in [6, 6.07) is 0.303. The van der Waals surface area contributed by atoms with Gasteiger partial charge < -0.3 is 9.69 Å². The summed E-state index contributed by atoms with van der Waals surface area (Å²) in [5, 5.41) is 0. The van der Waals surface area contributed by atoms with Gasteiger partial charge in [0.15, 0.2) is 0 Å². The first-order valence-corrected chi connectivity index (χ1v) is 10.9. The first-order valence-electron chi connectivity index (χ1n) is 7.37. The molecule has 10 radical (unpaired) electrons. The molecule has 22 heavy (non-hydrogen) atoms. The van der Waals surface area contributed by atoms with Crippen molar-refractivity contribution in [1.29, 1.82) is 0 Å². The molecule has 0 aromatic carbocycles. The molecule has 2 saturated carbocycles. The van der Waals surface area contributed by atoms with Crippen LogP contribution in [0, 0.1) is 62.3 Å². The molecule has 0 heterocycles. The minimum absolute atomic E-state index is 0. The maximum absolute atomic E-state index is 11.1. The average molecular weight is 357 g/mol. The molecule has 2 aliphatic carbocycles. The molecule has 2 fully saturated rings. The fraction of sp³-hybridized carbons (Fsp3) is 0.389. The normalized spacial score (nSPS) is 22.1. The molecule has 0 bridgehead atoms. The van der Waals surface area contributed by atoms with E-state index in [2.05, 4.69) is 52.0 Å². The Morgan fingerprint density at radius 2 is 1.45 bits per heavy atom. The fourth-order valence-electron chi connectivity index (χ4n) is 2.31.